The fraction of sp³-hybridized carbons (Fsp3) is 0.556. The van der Waals surface area contributed by atoms with E-state index in [-0.39, 0.29) is 48.5 Å². The Kier molecular flexibility index (Phi) is 8.63. The number of rotatable bonds is 7. The smallest absolute Gasteiger partial charge is 0.303 e. The molecule has 0 bridgehead atoms. The number of hydrogen-bond acceptors (Lipinski definition) is 7. The van der Waals surface area contributed by atoms with Crippen LogP contribution in [0.15, 0.2) is 36.4 Å². The van der Waals surface area contributed by atoms with Gasteiger partial charge in [-0.1, -0.05) is 25.3 Å². The molecule has 3 heterocycles. The molecule has 270 valence electrons. The number of sulfonamides is 1. The molecule has 3 fully saturated rings. The van der Waals surface area contributed by atoms with E-state index in [1.54, 1.807) is 19.2 Å². The van der Waals surface area contributed by atoms with Crippen LogP contribution in [-0.4, -0.2) is 99.4 Å². The molecule has 50 heavy (non-hydrogen) atoms. The van der Waals surface area contributed by atoms with Crippen LogP contribution in [0, 0.1) is 5.41 Å². The van der Waals surface area contributed by atoms with E-state index in [9.17, 15) is 21.6 Å². The number of benzene rings is 2. The standard InChI is InChI=1S/C36H47N5O7S2/c1-22-19-39(49(6,44)45)20-23(2)41(22)35(43)36-18-30(36)29-17-26(48-5)13-15-27(29)33-32(24-10-8-7-9-11-24)28-14-12-25(16-31(28)40(33)21-36)34(42)37-50(46,47)38(3)4/h12-17,22-24,30H,7-11,18-21H2,1-6H3,(H,37,42)/t22-,23?,30-,36-/m0/s1. The van der Waals surface area contributed by atoms with Gasteiger partial charge in [0.15, 0.2) is 0 Å². The normalized spacial score (nSPS) is 25.8. The van der Waals surface area contributed by atoms with Gasteiger partial charge in [0.25, 0.3) is 5.91 Å². The molecule has 4 aliphatic rings. The van der Waals surface area contributed by atoms with Crippen molar-refractivity contribution in [3.05, 3.63) is 53.1 Å². The predicted molar refractivity (Wildman–Crippen MR) is 192 cm³/mol. The molecule has 2 amide bonds. The molecule has 1 unspecified atom stereocenters. The summed E-state index contributed by atoms with van der Waals surface area (Å²) in [5.74, 6) is 0.194. The van der Waals surface area contributed by atoms with Crippen LogP contribution in [0.5, 0.6) is 5.75 Å². The molecule has 1 saturated heterocycles. The molecule has 2 aromatic carbocycles. The highest BCUT2D eigenvalue weighted by molar-refractivity contribution is 7.88. The maximum absolute atomic E-state index is 15.0. The van der Waals surface area contributed by atoms with Crippen molar-refractivity contribution in [2.75, 3.05) is 40.6 Å². The molecule has 0 radical (unpaired) electrons. The van der Waals surface area contributed by atoms with Gasteiger partial charge >= 0.3 is 10.2 Å². The van der Waals surface area contributed by atoms with Gasteiger partial charge in [0.2, 0.25) is 15.9 Å². The molecule has 2 aliphatic heterocycles. The summed E-state index contributed by atoms with van der Waals surface area (Å²) in [5.41, 5.74) is 4.57. The van der Waals surface area contributed by atoms with Crippen LogP contribution in [0.4, 0.5) is 0 Å². The van der Waals surface area contributed by atoms with Crippen LogP contribution in [0.25, 0.3) is 22.2 Å². The van der Waals surface area contributed by atoms with Crippen molar-refractivity contribution in [2.24, 2.45) is 5.41 Å². The highest BCUT2D eigenvalue weighted by Gasteiger charge is 2.65. The molecule has 12 nitrogen and oxygen atoms in total. The van der Waals surface area contributed by atoms with Crippen LogP contribution in [0.2, 0.25) is 0 Å². The summed E-state index contributed by atoms with van der Waals surface area (Å²) >= 11 is 0. The zero-order valence-electron chi connectivity index (χ0n) is 29.6. The van der Waals surface area contributed by atoms with Gasteiger partial charge in [0.05, 0.1) is 24.5 Å². The second-order valence-electron chi connectivity index (χ2n) is 15.0. The van der Waals surface area contributed by atoms with Gasteiger partial charge < -0.3 is 14.2 Å². The third-order valence-electron chi connectivity index (χ3n) is 11.5. The third kappa shape index (κ3) is 5.72. The Balaban J connectivity index is 1.41. The van der Waals surface area contributed by atoms with Crippen molar-refractivity contribution in [2.45, 2.75) is 82.8 Å². The van der Waals surface area contributed by atoms with E-state index in [0.29, 0.717) is 18.7 Å². The summed E-state index contributed by atoms with van der Waals surface area (Å²) < 4.78 is 62.7. The van der Waals surface area contributed by atoms with Crippen molar-refractivity contribution >= 4 is 42.9 Å². The van der Waals surface area contributed by atoms with Crippen LogP contribution in [0.3, 0.4) is 0 Å². The van der Waals surface area contributed by atoms with Gasteiger partial charge in [-0.3, -0.25) is 9.59 Å². The molecule has 2 saturated carbocycles. The molecule has 7 rings (SSSR count). The fourth-order valence-electron chi connectivity index (χ4n) is 8.89. The predicted octanol–water partition coefficient (Wildman–Crippen LogP) is 4.27. The first kappa shape index (κ1) is 35.0. The minimum absolute atomic E-state index is 0.00399. The van der Waals surface area contributed by atoms with Crippen molar-refractivity contribution in [1.82, 2.24) is 22.8 Å². The number of hydrogen-bond donors (Lipinski definition) is 1. The Bertz CT molecular complexity index is 2090. The number of fused-ring (bicyclic) bond motifs is 7. The second-order valence-corrected chi connectivity index (χ2v) is 18.9. The summed E-state index contributed by atoms with van der Waals surface area (Å²) in [5, 5.41) is 1.01. The van der Waals surface area contributed by atoms with Gasteiger partial charge in [-0.05, 0) is 80.5 Å². The van der Waals surface area contributed by atoms with Crippen LogP contribution >= 0.6 is 0 Å². The topological polar surface area (TPSA) is 138 Å². The first-order valence-electron chi connectivity index (χ1n) is 17.4. The number of methoxy groups -OCH3 is 1. The number of ether oxygens (including phenoxy) is 1. The lowest BCUT2D eigenvalue weighted by atomic mass is 9.81. The Hall–Kier alpha value is -3.46. The molecule has 14 heteroatoms. The minimum Gasteiger partial charge on any atom is -0.497 e. The number of carbonyl (C=O) groups is 2. The number of aromatic nitrogens is 1. The van der Waals surface area contributed by atoms with Crippen LogP contribution < -0.4 is 9.46 Å². The van der Waals surface area contributed by atoms with E-state index in [4.69, 9.17) is 4.74 Å². The quantitative estimate of drug-likeness (QED) is 0.384. The fourth-order valence-corrected chi connectivity index (χ4v) is 10.4. The van der Waals surface area contributed by atoms with Crippen LogP contribution in [0.1, 0.15) is 85.7 Å². The van der Waals surface area contributed by atoms with Crippen molar-refractivity contribution < 1.29 is 31.2 Å². The number of piperazine rings is 1. The first-order chi connectivity index (χ1) is 23.6. The van der Waals surface area contributed by atoms with E-state index < -0.39 is 31.6 Å². The number of carbonyl (C=O) groups excluding carboxylic acids is 2. The molecule has 1 aromatic heterocycles. The van der Waals surface area contributed by atoms with Gasteiger partial charge in [0, 0.05) is 73.8 Å². The molecule has 3 aromatic rings. The average molecular weight is 726 g/mol. The monoisotopic (exact) mass is 725 g/mol. The minimum atomic E-state index is -4.02. The number of nitrogens with one attached hydrogen (secondary N) is 1. The Morgan fingerprint density at radius 3 is 2.26 bits per heavy atom. The third-order valence-corrected chi connectivity index (χ3v) is 14.1. The first-order valence-corrected chi connectivity index (χ1v) is 20.7. The Morgan fingerprint density at radius 2 is 1.64 bits per heavy atom. The van der Waals surface area contributed by atoms with E-state index in [2.05, 4.69) is 21.4 Å². The van der Waals surface area contributed by atoms with E-state index in [1.165, 1.54) is 36.6 Å². The van der Waals surface area contributed by atoms with E-state index in [0.717, 1.165) is 57.7 Å². The summed E-state index contributed by atoms with van der Waals surface area (Å²) in [4.78, 5) is 30.3. The van der Waals surface area contributed by atoms with E-state index in [1.807, 2.05) is 30.9 Å². The van der Waals surface area contributed by atoms with Gasteiger partial charge in [-0.25, -0.2) is 13.1 Å². The molecule has 4 atom stereocenters. The zero-order valence-corrected chi connectivity index (χ0v) is 31.2. The average Bonchev–Trinajstić information content (AvgIpc) is 3.73. The van der Waals surface area contributed by atoms with E-state index >= 15 is 4.79 Å². The molecule has 1 N–H and O–H groups in total. The summed E-state index contributed by atoms with van der Waals surface area (Å²) in [6.45, 7) is 4.67. The summed E-state index contributed by atoms with van der Waals surface area (Å²) in [6, 6.07) is 10.9. The maximum atomic E-state index is 15.0. The SMILES string of the molecule is COc1ccc2c(c1)[C@@H]1C[C@]1(C(=O)N1C(C)CN(S(C)(=O)=O)C[C@@H]1C)Cn1c-2c(C2CCCCC2)c2ccc(C(=O)NS(=O)(=O)N(C)C)cc21. The Labute approximate surface area is 295 Å². The lowest BCUT2D eigenvalue weighted by Gasteiger charge is -2.45. The highest BCUT2D eigenvalue weighted by Crippen LogP contribution is 2.66. The van der Waals surface area contributed by atoms with Crippen LogP contribution in [-0.2, 0) is 31.6 Å². The summed E-state index contributed by atoms with van der Waals surface area (Å²) in [7, 11) is -3.07. The largest absolute Gasteiger partial charge is 0.497 e. The summed E-state index contributed by atoms with van der Waals surface area (Å²) in [6.07, 6.45) is 7.33. The Morgan fingerprint density at radius 1 is 0.960 bits per heavy atom. The highest BCUT2D eigenvalue weighted by atomic mass is 32.2. The van der Waals surface area contributed by atoms with Crippen molar-refractivity contribution in [3.63, 3.8) is 0 Å². The molecular formula is C36H47N5O7S2. The van der Waals surface area contributed by atoms with Gasteiger partial charge in [-0.15, -0.1) is 0 Å². The zero-order chi connectivity index (χ0) is 35.9. The lowest BCUT2D eigenvalue weighted by molar-refractivity contribution is -0.144. The van der Waals surface area contributed by atoms with Gasteiger partial charge in [0.1, 0.15) is 5.75 Å². The number of nitrogens with zero attached hydrogens (tertiary/aromatic N) is 4. The lowest BCUT2D eigenvalue weighted by Crippen LogP contribution is -2.61. The molecular weight excluding hydrogens is 679 g/mol. The second kappa shape index (κ2) is 12.3. The van der Waals surface area contributed by atoms with Gasteiger partial charge in [-0.2, -0.15) is 17.0 Å². The molecule has 2 aliphatic carbocycles. The number of amides is 2. The van der Waals surface area contributed by atoms with Crippen molar-refractivity contribution in [1.29, 1.82) is 0 Å². The van der Waals surface area contributed by atoms with Crippen molar-refractivity contribution in [3.8, 4) is 17.0 Å². The molecule has 0 spiro atoms. The maximum Gasteiger partial charge on any atom is 0.303 e.